The minimum atomic E-state index is -0.762. The number of benzene rings is 2. The van der Waals surface area contributed by atoms with Crippen molar-refractivity contribution in [1.82, 2.24) is 0 Å². The number of ether oxygens (including phenoxy) is 1. The highest BCUT2D eigenvalue weighted by Gasteiger charge is 2.15. The number of methoxy groups -OCH3 is 1. The van der Waals surface area contributed by atoms with Crippen LogP contribution in [-0.2, 0) is 6.42 Å². The Morgan fingerprint density at radius 2 is 2.05 bits per heavy atom. The molecule has 0 spiro atoms. The molecule has 2 rings (SSSR count). The number of hydrogen-bond donors (Lipinski definition) is 1. The molecule has 2 aromatic carbocycles. The average Bonchev–Trinajstić information content (AvgIpc) is 2.42. The first-order chi connectivity index (χ1) is 9.51. The molecule has 5 heteroatoms. The van der Waals surface area contributed by atoms with E-state index < -0.39 is 11.9 Å². The predicted molar refractivity (Wildman–Crippen MR) is 80.8 cm³/mol. The van der Waals surface area contributed by atoms with Gasteiger partial charge in [-0.1, -0.05) is 33.6 Å². The van der Waals surface area contributed by atoms with Crippen molar-refractivity contribution in [3.8, 4) is 5.75 Å². The second kappa shape index (κ2) is 6.57. The largest absolute Gasteiger partial charge is 0.497 e. The molecule has 20 heavy (non-hydrogen) atoms. The van der Waals surface area contributed by atoms with Gasteiger partial charge in [-0.05, 0) is 41.5 Å². The van der Waals surface area contributed by atoms with Crippen molar-refractivity contribution in [2.45, 2.75) is 12.5 Å². The number of halogens is 3. The molecule has 0 aliphatic heterocycles. The van der Waals surface area contributed by atoms with E-state index in [1.807, 2.05) is 6.07 Å². The van der Waals surface area contributed by atoms with Crippen LogP contribution in [0.4, 0.5) is 4.39 Å². The molecule has 1 N–H and O–H groups in total. The Morgan fingerprint density at radius 3 is 2.70 bits per heavy atom. The van der Waals surface area contributed by atoms with Gasteiger partial charge in [0.15, 0.2) is 0 Å². The summed E-state index contributed by atoms with van der Waals surface area (Å²) in [5.74, 6) is 0.267. The normalized spacial score (nSPS) is 12.2. The third-order valence-corrected chi connectivity index (χ3v) is 4.06. The fourth-order valence-corrected chi connectivity index (χ4v) is 2.66. The van der Waals surface area contributed by atoms with E-state index >= 15 is 0 Å². The molecular formula is C15H13BrClFO2. The summed E-state index contributed by atoms with van der Waals surface area (Å²) in [6.45, 7) is 0. The van der Waals surface area contributed by atoms with E-state index in [0.29, 0.717) is 28.3 Å². The number of rotatable bonds is 4. The van der Waals surface area contributed by atoms with Crippen LogP contribution in [0.2, 0.25) is 5.02 Å². The molecule has 0 saturated carbocycles. The maximum absolute atomic E-state index is 13.0. The first-order valence-corrected chi connectivity index (χ1v) is 7.14. The van der Waals surface area contributed by atoms with Crippen LogP contribution in [0.1, 0.15) is 17.2 Å². The van der Waals surface area contributed by atoms with E-state index in [0.717, 1.165) is 4.47 Å². The van der Waals surface area contributed by atoms with Gasteiger partial charge in [0.1, 0.15) is 11.6 Å². The Morgan fingerprint density at radius 1 is 1.30 bits per heavy atom. The van der Waals surface area contributed by atoms with E-state index in [1.165, 1.54) is 12.1 Å². The highest BCUT2D eigenvalue weighted by Crippen LogP contribution is 2.31. The first kappa shape index (κ1) is 15.3. The number of aliphatic hydroxyl groups is 1. The van der Waals surface area contributed by atoms with Crippen LogP contribution in [-0.4, -0.2) is 12.2 Å². The molecule has 0 saturated heterocycles. The smallest absolute Gasteiger partial charge is 0.124 e. The summed E-state index contributed by atoms with van der Waals surface area (Å²) >= 11 is 9.37. The monoisotopic (exact) mass is 358 g/mol. The Kier molecular flexibility index (Phi) is 5.02. The molecule has 0 bridgehead atoms. The lowest BCUT2D eigenvalue weighted by atomic mass is 10.0. The summed E-state index contributed by atoms with van der Waals surface area (Å²) in [7, 11) is 1.57. The van der Waals surface area contributed by atoms with Crippen LogP contribution >= 0.6 is 27.5 Å². The van der Waals surface area contributed by atoms with Crippen molar-refractivity contribution in [3.63, 3.8) is 0 Å². The summed E-state index contributed by atoms with van der Waals surface area (Å²) < 4.78 is 18.9. The molecule has 1 atom stereocenters. The highest BCUT2D eigenvalue weighted by atomic mass is 79.9. The minimum Gasteiger partial charge on any atom is -0.497 e. The Bertz CT molecular complexity index is 619. The molecule has 0 amide bonds. The van der Waals surface area contributed by atoms with Crippen molar-refractivity contribution in [2.24, 2.45) is 0 Å². The quantitative estimate of drug-likeness (QED) is 0.869. The van der Waals surface area contributed by atoms with E-state index in [2.05, 4.69) is 15.9 Å². The second-order valence-corrected chi connectivity index (χ2v) is 5.60. The molecule has 2 nitrogen and oxygen atoms in total. The molecule has 2 aromatic rings. The maximum atomic E-state index is 13.0. The topological polar surface area (TPSA) is 29.5 Å². The fourth-order valence-electron chi connectivity index (χ4n) is 1.91. The van der Waals surface area contributed by atoms with E-state index in [4.69, 9.17) is 16.3 Å². The fraction of sp³-hybridized carbons (Fsp3) is 0.200. The molecule has 0 heterocycles. The van der Waals surface area contributed by atoms with E-state index in [1.54, 1.807) is 25.3 Å². The standard InChI is InChI=1S/C15H13BrClFO2/c1-20-11-4-5-13(16)12(8-11)15(19)6-9-2-3-10(18)7-14(9)17/h2-5,7-8,15,19H,6H2,1H3. The molecule has 0 fully saturated rings. The summed E-state index contributed by atoms with van der Waals surface area (Å²) in [5, 5.41) is 10.6. The van der Waals surface area contributed by atoms with Crippen LogP contribution in [0.5, 0.6) is 5.75 Å². The van der Waals surface area contributed by atoms with Crippen LogP contribution in [0.3, 0.4) is 0 Å². The van der Waals surface area contributed by atoms with Crippen LogP contribution in [0.25, 0.3) is 0 Å². The minimum absolute atomic E-state index is 0.297. The van der Waals surface area contributed by atoms with Gasteiger partial charge in [0.2, 0.25) is 0 Å². The predicted octanol–water partition coefficient (Wildman–Crippen LogP) is 4.53. The third kappa shape index (κ3) is 3.51. The zero-order valence-corrected chi connectivity index (χ0v) is 13.1. The SMILES string of the molecule is COc1ccc(Br)c(C(O)Cc2ccc(F)cc2Cl)c1. The van der Waals surface area contributed by atoms with E-state index in [-0.39, 0.29) is 0 Å². The first-order valence-electron chi connectivity index (χ1n) is 5.96. The summed E-state index contributed by atoms with van der Waals surface area (Å²) in [5.41, 5.74) is 1.39. The van der Waals surface area contributed by atoms with Crippen molar-refractivity contribution in [1.29, 1.82) is 0 Å². The number of aliphatic hydroxyl groups excluding tert-OH is 1. The molecule has 106 valence electrons. The number of hydrogen-bond acceptors (Lipinski definition) is 2. The van der Waals surface area contributed by atoms with Crippen molar-refractivity contribution >= 4 is 27.5 Å². The van der Waals surface area contributed by atoms with Crippen LogP contribution < -0.4 is 4.74 Å². The van der Waals surface area contributed by atoms with Gasteiger partial charge in [-0.25, -0.2) is 4.39 Å². The Hall–Kier alpha value is -1.10. The zero-order valence-electron chi connectivity index (χ0n) is 10.7. The lowest BCUT2D eigenvalue weighted by Gasteiger charge is -2.15. The van der Waals surface area contributed by atoms with Gasteiger partial charge in [0.25, 0.3) is 0 Å². The summed E-state index contributed by atoms with van der Waals surface area (Å²) in [6.07, 6.45) is -0.465. The molecule has 0 radical (unpaired) electrons. The van der Waals surface area contributed by atoms with Gasteiger partial charge in [0.05, 0.1) is 13.2 Å². The molecule has 1 unspecified atom stereocenters. The van der Waals surface area contributed by atoms with Crippen LogP contribution in [0, 0.1) is 5.82 Å². The molecule has 0 aliphatic rings. The van der Waals surface area contributed by atoms with Gasteiger partial charge >= 0.3 is 0 Å². The summed E-state index contributed by atoms with van der Waals surface area (Å²) in [6, 6.07) is 9.51. The van der Waals surface area contributed by atoms with Crippen molar-refractivity contribution in [3.05, 3.63) is 62.8 Å². The second-order valence-electron chi connectivity index (χ2n) is 4.34. The van der Waals surface area contributed by atoms with Crippen molar-refractivity contribution in [2.75, 3.05) is 7.11 Å². The van der Waals surface area contributed by atoms with Gasteiger partial charge in [-0.2, -0.15) is 0 Å². The van der Waals surface area contributed by atoms with E-state index in [9.17, 15) is 9.50 Å². The molecule has 0 aliphatic carbocycles. The lowest BCUT2D eigenvalue weighted by Crippen LogP contribution is -2.04. The Labute approximate surface area is 130 Å². The molecular weight excluding hydrogens is 347 g/mol. The molecule has 0 aromatic heterocycles. The van der Waals surface area contributed by atoms with Gasteiger partial charge in [0, 0.05) is 15.9 Å². The van der Waals surface area contributed by atoms with Gasteiger partial charge in [-0.15, -0.1) is 0 Å². The van der Waals surface area contributed by atoms with Gasteiger partial charge in [-0.3, -0.25) is 0 Å². The van der Waals surface area contributed by atoms with Crippen LogP contribution in [0.15, 0.2) is 40.9 Å². The summed E-state index contributed by atoms with van der Waals surface area (Å²) in [4.78, 5) is 0. The third-order valence-electron chi connectivity index (χ3n) is 2.99. The lowest BCUT2D eigenvalue weighted by molar-refractivity contribution is 0.177. The van der Waals surface area contributed by atoms with Gasteiger partial charge < -0.3 is 9.84 Å². The van der Waals surface area contributed by atoms with Crippen molar-refractivity contribution < 1.29 is 14.2 Å². The average molecular weight is 360 g/mol. The maximum Gasteiger partial charge on any atom is 0.124 e. The Balaban J connectivity index is 2.25. The zero-order chi connectivity index (χ0) is 14.7. The highest BCUT2D eigenvalue weighted by molar-refractivity contribution is 9.10.